The second kappa shape index (κ2) is 8.61. The molecule has 0 spiro atoms. The maximum atomic E-state index is 12.0. The molecule has 0 saturated heterocycles. The van der Waals surface area contributed by atoms with E-state index < -0.39 is 0 Å². The Balaban J connectivity index is 1.37. The molecule has 1 aliphatic heterocycles. The minimum Gasteiger partial charge on any atom is -0.492 e. The van der Waals surface area contributed by atoms with E-state index in [2.05, 4.69) is 19.2 Å². The van der Waals surface area contributed by atoms with Crippen molar-refractivity contribution < 1.29 is 19.0 Å². The topological polar surface area (TPSA) is 56.8 Å². The van der Waals surface area contributed by atoms with Gasteiger partial charge in [0.15, 0.2) is 11.5 Å². The van der Waals surface area contributed by atoms with E-state index in [1.54, 1.807) is 0 Å². The third-order valence-corrected chi connectivity index (χ3v) is 4.42. The van der Waals surface area contributed by atoms with Crippen LogP contribution in [0.3, 0.4) is 0 Å². The lowest BCUT2D eigenvalue weighted by Crippen LogP contribution is -2.28. The third-order valence-electron chi connectivity index (χ3n) is 4.42. The Morgan fingerprint density at radius 1 is 1.04 bits per heavy atom. The Labute approximate surface area is 154 Å². The van der Waals surface area contributed by atoms with Gasteiger partial charge in [0.25, 0.3) is 0 Å². The second-order valence-corrected chi connectivity index (χ2v) is 6.42. The number of amides is 1. The standard InChI is InChI=1S/C21H25NO4/c1-15-3-6-18(13-16(15)2)24-10-9-22-21(23)8-5-17-4-7-19-20(14-17)26-12-11-25-19/h3-4,6-7,13-14H,5,8-12H2,1-2H3,(H,22,23). The van der Waals surface area contributed by atoms with Crippen molar-refractivity contribution in [3.8, 4) is 17.2 Å². The van der Waals surface area contributed by atoms with Gasteiger partial charge < -0.3 is 19.5 Å². The molecule has 1 amide bonds. The van der Waals surface area contributed by atoms with Crippen molar-refractivity contribution in [2.75, 3.05) is 26.4 Å². The quantitative estimate of drug-likeness (QED) is 0.775. The summed E-state index contributed by atoms with van der Waals surface area (Å²) in [7, 11) is 0. The summed E-state index contributed by atoms with van der Waals surface area (Å²) < 4.78 is 16.7. The predicted molar refractivity (Wildman–Crippen MR) is 100 cm³/mol. The average molecular weight is 355 g/mol. The van der Waals surface area contributed by atoms with Crippen molar-refractivity contribution in [3.05, 3.63) is 53.1 Å². The molecule has 0 fully saturated rings. The average Bonchev–Trinajstić information content (AvgIpc) is 2.66. The molecule has 0 radical (unpaired) electrons. The molecule has 5 nitrogen and oxygen atoms in total. The van der Waals surface area contributed by atoms with Gasteiger partial charge in [-0.25, -0.2) is 0 Å². The number of carbonyl (C=O) groups excluding carboxylic acids is 1. The molecule has 2 aromatic rings. The summed E-state index contributed by atoms with van der Waals surface area (Å²) in [4.78, 5) is 12.0. The molecular formula is C21H25NO4. The first-order valence-corrected chi connectivity index (χ1v) is 8.97. The number of ether oxygens (including phenoxy) is 3. The third kappa shape index (κ3) is 4.91. The monoisotopic (exact) mass is 355 g/mol. The molecule has 0 unspecified atom stereocenters. The van der Waals surface area contributed by atoms with Gasteiger partial charge in [0.1, 0.15) is 25.6 Å². The van der Waals surface area contributed by atoms with E-state index in [0.29, 0.717) is 39.2 Å². The van der Waals surface area contributed by atoms with Crippen molar-refractivity contribution in [1.82, 2.24) is 5.32 Å². The second-order valence-electron chi connectivity index (χ2n) is 6.42. The fourth-order valence-corrected chi connectivity index (χ4v) is 2.75. The zero-order chi connectivity index (χ0) is 18.4. The summed E-state index contributed by atoms with van der Waals surface area (Å²) in [6.07, 6.45) is 1.10. The minimum atomic E-state index is 0.0172. The highest BCUT2D eigenvalue weighted by Gasteiger charge is 2.12. The van der Waals surface area contributed by atoms with Crippen LogP contribution in [0, 0.1) is 13.8 Å². The van der Waals surface area contributed by atoms with Gasteiger partial charge in [-0.2, -0.15) is 0 Å². The zero-order valence-electron chi connectivity index (χ0n) is 15.3. The van der Waals surface area contributed by atoms with E-state index in [1.807, 2.05) is 36.4 Å². The SMILES string of the molecule is Cc1ccc(OCCNC(=O)CCc2ccc3c(c2)OCCO3)cc1C. The van der Waals surface area contributed by atoms with Crippen molar-refractivity contribution in [1.29, 1.82) is 0 Å². The molecule has 1 aliphatic rings. The van der Waals surface area contributed by atoms with Crippen molar-refractivity contribution in [2.24, 2.45) is 0 Å². The Hall–Kier alpha value is -2.69. The number of aryl methyl sites for hydroxylation is 3. The van der Waals surface area contributed by atoms with E-state index in [-0.39, 0.29) is 5.91 Å². The van der Waals surface area contributed by atoms with Crippen LogP contribution in [0.15, 0.2) is 36.4 Å². The Morgan fingerprint density at radius 2 is 1.85 bits per heavy atom. The lowest BCUT2D eigenvalue weighted by Gasteiger charge is -2.18. The van der Waals surface area contributed by atoms with Crippen LogP contribution >= 0.6 is 0 Å². The van der Waals surface area contributed by atoms with Gasteiger partial charge in [0.05, 0.1) is 6.54 Å². The van der Waals surface area contributed by atoms with Crippen LogP contribution in [-0.2, 0) is 11.2 Å². The molecule has 138 valence electrons. The fourth-order valence-electron chi connectivity index (χ4n) is 2.75. The first kappa shape index (κ1) is 18.1. The van der Waals surface area contributed by atoms with Crippen LogP contribution in [-0.4, -0.2) is 32.3 Å². The Kier molecular flexibility index (Phi) is 6.00. The van der Waals surface area contributed by atoms with Gasteiger partial charge in [-0.05, 0) is 61.2 Å². The van der Waals surface area contributed by atoms with Crippen LogP contribution in [0.5, 0.6) is 17.2 Å². The van der Waals surface area contributed by atoms with Gasteiger partial charge >= 0.3 is 0 Å². The van der Waals surface area contributed by atoms with Gasteiger partial charge in [0.2, 0.25) is 5.91 Å². The highest BCUT2D eigenvalue weighted by Crippen LogP contribution is 2.31. The number of hydrogen-bond donors (Lipinski definition) is 1. The molecule has 1 heterocycles. The highest BCUT2D eigenvalue weighted by molar-refractivity contribution is 5.76. The Morgan fingerprint density at radius 3 is 2.65 bits per heavy atom. The summed E-state index contributed by atoms with van der Waals surface area (Å²) in [5.41, 5.74) is 3.51. The van der Waals surface area contributed by atoms with Crippen LogP contribution < -0.4 is 19.5 Å². The largest absolute Gasteiger partial charge is 0.492 e. The molecule has 5 heteroatoms. The van der Waals surface area contributed by atoms with Crippen molar-refractivity contribution >= 4 is 5.91 Å². The van der Waals surface area contributed by atoms with Gasteiger partial charge in [0, 0.05) is 6.42 Å². The highest BCUT2D eigenvalue weighted by atomic mass is 16.6. The lowest BCUT2D eigenvalue weighted by atomic mass is 10.1. The van der Waals surface area contributed by atoms with Gasteiger partial charge in [-0.15, -0.1) is 0 Å². The molecule has 0 atom stereocenters. The van der Waals surface area contributed by atoms with E-state index >= 15 is 0 Å². The zero-order valence-corrected chi connectivity index (χ0v) is 15.3. The lowest BCUT2D eigenvalue weighted by molar-refractivity contribution is -0.121. The fraction of sp³-hybridized carbons (Fsp3) is 0.381. The maximum Gasteiger partial charge on any atom is 0.220 e. The normalized spacial score (nSPS) is 12.5. The van der Waals surface area contributed by atoms with E-state index in [0.717, 1.165) is 22.8 Å². The number of benzene rings is 2. The smallest absolute Gasteiger partial charge is 0.220 e. The molecule has 0 aliphatic carbocycles. The van der Waals surface area contributed by atoms with Crippen LogP contribution in [0.4, 0.5) is 0 Å². The Bertz CT molecular complexity index is 773. The first-order chi connectivity index (χ1) is 12.6. The van der Waals surface area contributed by atoms with Crippen LogP contribution in [0.2, 0.25) is 0 Å². The molecular weight excluding hydrogens is 330 g/mol. The van der Waals surface area contributed by atoms with E-state index in [9.17, 15) is 4.79 Å². The minimum absolute atomic E-state index is 0.0172. The summed E-state index contributed by atoms with van der Waals surface area (Å²) in [5, 5.41) is 2.89. The summed E-state index contributed by atoms with van der Waals surface area (Å²) in [6, 6.07) is 11.8. The van der Waals surface area contributed by atoms with Crippen molar-refractivity contribution in [2.45, 2.75) is 26.7 Å². The number of hydrogen-bond acceptors (Lipinski definition) is 4. The number of rotatable bonds is 7. The first-order valence-electron chi connectivity index (χ1n) is 8.97. The van der Waals surface area contributed by atoms with E-state index in [1.165, 1.54) is 11.1 Å². The van der Waals surface area contributed by atoms with Crippen molar-refractivity contribution in [3.63, 3.8) is 0 Å². The molecule has 1 N–H and O–H groups in total. The number of nitrogens with one attached hydrogen (secondary N) is 1. The summed E-state index contributed by atoms with van der Waals surface area (Å²) in [6.45, 7) is 6.23. The molecule has 0 saturated carbocycles. The number of carbonyl (C=O) groups is 1. The van der Waals surface area contributed by atoms with Crippen LogP contribution in [0.1, 0.15) is 23.1 Å². The summed E-state index contributed by atoms with van der Waals surface area (Å²) >= 11 is 0. The molecule has 2 aromatic carbocycles. The summed E-state index contributed by atoms with van der Waals surface area (Å²) in [5.74, 6) is 2.38. The van der Waals surface area contributed by atoms with E-state index in [4.69, 9.17) is 14.2 Å². The maximum absolute atomic E-state index is 12.0. The molecule has 26 heavy (non-hydrogen) atoms. The van der Waals surface area contributed by atoms with Gasteiger partial charge in [-0.3, -0.25) is 4.79 Å². The number of fused-ring (bicyclic) bond motifs is 1. The predicted octanol–water partition coefficient (Wildman–Crippen LogP) is 3.20. The molecule has 0 bridgehead atoms. The van der Waals surface area contributed by atoms with Crippen LogP contribution in [0.25, 0.3) is 0 Å². The molecule has 3 rings (SSSR count). The van der Waals surface area contributed by atoms with Gasteiger partial charge in [-0.1, -0.05) is 12.1 Å². The molecule has 0 aromatic heterocycles.